The molecular formula is C10H18N2O2. The van der Waals surface area contributed by atoms with Gasteiger partial charge < -0.3 is 10.0 Å². The molecule has 2 aliphatic heterocycles. The summed E-state index contributed by atoms with van der Waals surface area (Å²) in [5.74, 6) is -0.694. The molecule has 0 amide bonds. The summed E-state index contributed by atoms with van der Waals surface area (Å²) >= 11 is 0. The molecule has 4 heteroatoms. The third-order valence-electron chi connectivity index (χ3n) is 3.63. The third kappa shape index (κ3) is 1.77. The lowest BCUT2D eigenvalue weighted by molar-refractivity contribution is -0.139. The van der Waals surface area contributed by atoms with E-state index in [1.54, 1.807) is 0 Å². The summed E-state index contributed by atoms with van der Waals surface area (Å²) in [6.07, 6.45) is 4.00. The van der Waals surface area contributed by atoms with Gasteiger partial charge in [-0.15, -0.1) is 0 Å². The number of carbonyl (C=O) groups is 1. The second-order valence-electron chi connectivity index (χ2n) is 4.66. The maximum atomic E-state index is 10.8. The van der Waals surface area contributed by atoms with E-state index in [1.165, 1.54) is 0 Å². The largest absolute Gasteiger partial charge is 0.480 e. The molecule has 4 nitrogen and oxygen atoms in total. The van der Waals surface area contributed by atoms with Crippen LogP contribution in [0.4, 0.5) is 0 Å². The van der Waals surface area contributed by atoms with Gasteiger partial charge in [-0.2, -0.15) is 0 Å². The minimum Gasteiger partial charge on any atom is -0.480 e. The molecule has 1 atom stereocenters. The van der Waals surface area contributed by atoms with Crippen LogP contribution in [0, 0.1) is 0 Å². The summed E-state index contributed by atoms with van der Waals surface area (Å²) in [4.78, 5) is 13.1. The SMILES string of the molecule is CN1CCC2(CCC(C(=O)O)N2)CC1. The topological polar surface area (TPSA) is 52.6 Å². The number of nitrogens with one attached hydrogen (secondary N) is 1. The normalized spacial score (nSPS) is 32.2. The quantitative estimate of drug-likeness (QED) is 0.636. The van der Waals surface area contributed by atoms with Crippen molar-refractivity contribution in [2.75, 3.05) is 20.1 Å². The highest BCUT2D eigenvalue weighted by Crippen LogP contribution is 2.32. The van der Waals surface area contributed by atoms with Crippen LogP contribution in [0.1, 0.15) is 25.7 Å². The van der Waals surface area contributed by atoms with Gasteiger partial charge in [0.25, 0.3) is 0 Å². The van der Waals surface area contributed by atoms with Crippen molar-refractivity contribution in [3.63, 3.8) is 0 Å². The monoisotopic (exact) mass is 198 g/mol. The highest BCUT2D eigenvalue weighted by Gasteiger charge is 2.42. The number of carboxylic acid groups (broad SMARTS) is 1. The molecule has 2 aliphatic rings. The Labute approximate surface area is 84.3 Å². The molecule has 2 fully saturated rings. The van der Waals surface area contributed by atoms with E-state index in [0.717, 1.165) is 38.8 Å². The average Bonchev–Trinajstić information content (AvgIpc) is 2.56. The molecule has 0 saturated carbocycles. The van der Waals surface area contributed by atoms with Crippen LogP contribution < -0.4 is 5.32 Å². The van der Waals surface area contributed by atoms with E-state index in [1.807, 2.05) is 0 Å². The first-order valence-electron chi connectivity index (χ1n) is 5.30. The Balaban J connectivity index is 1.96. The minimum absolute atomic E-state index is 0.134. The molecule has 0 aromatic rings. The van der Waals surface area contributed by atoms with Crippen molar-refractivity contribution in [2.24, 2.45) is 0 Å². The van der Waals surface area contributed by atoms with Crippen LogP contribution >= 0.6 is 0 Å². The van der Waals surface area contributed by atoms with E-state index in [4.69, 9.17) is 5.11 Å². The maximum absolute atomic E-state index is 10.8. The lowest BCUT2D eigenvalue weighted by Crippen LogP contribution is -2.52. The van der Waals surface area contributed by atoms with E-state index in [0.29, 0.717) is 0 Å². The van der Waals surface area contributed by atoms with Crippen molar-refractivity contribution in [3.8, 4) is 0 Å². The smallest absolute Gasteiger partial charge is 0.320 e. The Morgan fingerprint density at radius 1 is 1.43 bits per heavy atom. The van der Waals surface area contributed by atoms with Gasteiger partial charge in [0.15, 0.2) is 0 Å². The Bertz CT molecular complexity index is 234. The van der Waals surface area contributed by atoms with Crippen LogP contribution in [0.3, 0.4) is 0 Å². The average molecular weight is 198 g/mol. The molecule has 1 unspecified atom stereocenters. The van der Waals surface area contributed by atoms with Crippen molar-refractivity contribution in [3.05, 3.63) is 0 Å². The highest BCUT2D eigenvalue weighted by molar-refractivity contribution is 5.74. The van der Waals surface area contributed by atoms with E-state index in [-0.39, 0.29) is 11.6 Å². The van der Waals surface area contributed by atoms with Gasteiger partial charge >= 0.3 is 5.97 Å². The van der Waals surface area contributed by atoms with Crippen molar-refractivity contribution in [1.82, 2.24) is 10.2 Å². The van der Waals surface area contributed by atoms with Gasteiger partial charge in [-0.3, -0.25) is 10.1 Å². The Hall–Kier alpha value is -0.610. The number of piperidine rings is 1. The number of hydrogen-bond donors (Lipinski definition) is 2. The zero-order valence-corrected chi connectivity index (χ0v) is 8.62. The first-order valence-corrected chi connectivity index (χ1v) is 5.30. The number of likely N-dealkylation sites (tertiary alicyclic amines) is 1. The summed E-state index contributed by atoms with van der Waals surface area (Å²) < 4.78 is 0. The Kier molecular flexibility index (Phi) is 2.49. The fourth-order valence-corrected chi connectivity index (χ4v) is 2.56. The third-order valence-corrected chi connectivity index (χ3v) is 3.63. The van der Waals surface area contributed by atoms with Gasteiger partial charge in [0.05, 0.1) is 0 Å². The van der Waals surface area contributed by atoms with Gasteiger partial charge in [0.2, 0.25) is 0 Å². The second-order valence-corrected chi connectivity index (χ2v) is 4.66. The van der Waals surface area contributed by atoms with E-state index in [9.17, 15) is 4.79 Å². The number of nitrogens with zero attached hydrogens (tertiary/aromatic N) is 1. The van der Waals surface area contributed by atoms with Crippen molar-refractivity contribution >= 4 is 5.97 Å². The van der Waals surface area contributed by atoms with Crippen LogP contribution in [-0.2, 0) is 4.79 Å². The molecule has 2 rings (SSSR count). The summed E-state index contributed by atoms with van der Waals surface area (Å²) in [6, 6.07) is -0.307. The van der Waals surface area contributed by atoms with Crippen LogP contribution in [0.15, 0.2) is 0 Å². The fourth-order valence-electron chi connectivity index (χ4n) is 2.56. The van der Waals surface area contributed by atoms with E-state index >= 15 is 0 Å². The summed E-state index contributed by atoms with van der Waals surface area (Å²) in [5.41, 5.74) is 0.134. The number of aliphatic carboxylic acids is 1. The first kappa shape index (κ1) is 9.93. The Morgan fingerprint density at radius 2 is 2.07 bits per heavy atom. The Morgan fingerprint density at radius 3 is 2.57 bits per heavy atom. The second kappa shape index (κ2) is 3.51. The summed E-state index contributed by atoms with van der Waals surface area (Å²) in [7, 11) is 2.12. The van der Waals surface area contributed by atoms with Gasteiger partial charge in [-0.25, -0.2) is 0 Å². The minimum atomic E-state index is -0.694. The zero-order valence-electron chi connectivity index (χ0n) is 8.62. The molecule has 0 radical (unpaired) electrons. The van der Waals surface area contributed by atoms with Crippen LogP contribution in [-0.4, -0.2) is 47.7 Å². The maximum Gasteiger partial charge on any atom is 0.320 e. The van der Waals surface area contributed by atoms with Crippen molar-refractivity contribution in [2.45, 2.75) is 37.3 Å². The molecule has 0 aliphatic carbocycles. The molecular weight excluding hydrogens is 180 g/mol. The van der Waals surface area contributed by atoms with E-state index < -0.39 is 5.97 Å². The molecule has 2 N–H and O–H groups in total. The summed E-state index contributed by atoms with van der Waals surface area (Å²) in [5, 5.41) is 12.2. The number of hydrogen-bond acceptors (Lipinski definition) is 3. The molecule has 0 aromatic carbocycles. The number of carboxylic acids is 1. The molecule has 2 saturated heterocycles. The van der Waals surface area contributed by atoms with Crippen LogP contribution in [0.25, 0.3) is 0 Å². The van der Waals surface area contributed by atoms with Crippen molar-refractivity contribution in [1.29, 1.82) is 0 Å². The van der Waals surface area contributed by atoms with E-state index in [2.05, 4.69) is 17.3 Å². The number of rotatable bonds is 1. The molecule has 14 heavy (non-hydrogen) atoms. The van der Waals surface area contributed by atoms with Gasteiger partial charge in [-0.05, 0) is 45.8 Å². The molecule has 1 spiro atoms. The van der Waals surface area contributed by atoms with Crippen molar-refractivity contribution < 1.29 is 9.90 Å². The predicted octanol–water partition coefficient (Wildman–Crippen LogP) is 0.287. The standard InChI is InChI=1S/C10H18N2O2/c1-12-6-4-10(5-7-12)3-2-8(11-10)9(13)14/h8,11H,2-7H2,1H3,(H,13,14). The first-order chi connectivity index (χ1) is 6.61. The lowest BCUT2D eigenvalue weighted by atomic mass is 9.86. The van der Waals surface area contributed by atoms with Gasteiger partial charge in [-0.1, -0.05) is 0 Å². The summed E-state index contributed by atoms with van der Waals surface area (Å²) in [6.45, 7) is 2.17. The van der Waals surface area contributed by atoms with Crippen LogP contribution in [0.2, 0.25) is 0 Å². The molecule has 0 bridgehead atoms. The molecule has 2 heterocycles. The van der Waals surface area contributed by atoms with Crippen LogP contribution in [0.5, 0.6) is 0 Å². The lowest BCUT2D eigenvalue weighted by Gasteiger charge is -2.38. The molecule has 0 aromatic heterocycles. The van der Waals surface area contributed by atoms with Gasteiger partial charge in [0, 0.05) is 5.54 Å². The predicted molar refractivity (Wildman–Crippen MR) is 53.3 cm³/mol. The zero-order chi connectivity index (χ0) is 10.2. The molecule has 80 valence electrons. The van der Waals surface area contributed by atoms with Gasteiger partial charge in [0.1, 0.15) is 6.04 Å². The fraction of sp³-hybridized carbons (Fsp3) is 0.900. The highest BCUT2D eigenvalue weighted by atomic mass is 16.4.